The Kier molecular flexibility index (Phi) is 7.79. The number of nitrogens with zero attached hydrogens (tertiary/aromatic N) is 1. The van der Waals surface area contributed by atoms with Crippen molar-refractivity contribution in [2.75, 3.05) is 12.4 Å². The number of aryl methyl sites for hydroxylation is 1. The van der Waals surface area contributed by atoms with Crippen molar-refractivity contribution in [2.24, 2.45) is 0 Å². The van der Waals surface area contributed by atoms with Crippen LogP contribution in [0.5, 0.6) is 5.75 Å². The Bertz CT molecular complexity index is 1450. The Hall–Kier alpha value is -4.30. The van der Waals surface area contributed by atoms with Gasteiger partial charge in [0.25, 0.3) is 0 Å². The number of carboxylic acids is 1. The number of aromatic nitrogens is 1. The summed E-state index contributed by atoms with van der Waals surface area (Å²) in [7, 11) is 1.55. The lowest BCUT2D eigenvalue weighted by molar-refractivity contribution is -0.136. The van der Waals surface area contributed by atoms with Crippen molar-refractivity contribution in [3.63, 3.8) is 0 Å². The third-order valence-electron chi connectivity index (χ3n) is 5.78. The van der Waals surface area contributed by atoms with E-state index >= 15 is 0 Å². The second kappa shape index (κ2) is 11.2. The summed E-state index contributed by atoms with van der Waals surface area (Å²) in [5, 5.41) is 16.6. The zero-order chi connectivity index (χ0) is 26.5. The van der Waals surface area contributed by atoms with E-state index in [1.807, 2.05) is 30.3 Å². The zero-order valence-electron chi connectivity index (χ0n) is 20.4. The smallest absolute Gasteiger partial charge is 0.412 e. The van der Waals surface area contributed by atoms with Crippen molar-refractivity contribution in [1.82, 2.24) is 5.16 Å². The van der Waals surface area contributed by atoms with Crippen LogP contribution in [-0.4, -0.2) is 29.4 Å². The molecule has 1 atom stereocenters. The van der Waals surface area contributed by atoms with E-state index in [4.69, 9.17) is 25.6 Å². The van der Waals surface area contributed by atoms with E-state index in [0.29, 0.717) is 44.6 Å². The largest absolute Gasteiger partial charge is 0.496 e. The number of carboxylic acid groups (broad SMARTS) is 1. The van der Waals surface area contributed by atoms with Gasteiger partial charge in [-0.05, 0) is 49.2 Å². The van der Waals surface area contributed by atoms with E-state index in [-0.39, 0.29) is 6.42 Å². The van der Waals surface area contributed by atoms with Gasteiger partial charge in [-0.2, -0.15) is 0 Å². The van der Waals surface area contributed by atoms with E-state index in [9.17, 15) is 14.7 Å². The predicted molar refractivity (Wildman–Crippen MR) is 140 cm³/mol. The van der Waals surface area contributed by atoms with Gasteiger partial charge >= 0.3 is 12.1 Å². The molecule has 1 unspecified atom stereocenters. The number of benzene rings is 3. The number of hydrogen-bond donors (Lipinski definition) is 2. The average molecular weight is 521 g/mol. The number of ether oxygens (including phenoxy) is 2. The highest BCUT2D eigenvalue weighted by Gasteiger charge is 2.21. The minimum Gasteiger partial charge on any atom is -0.496 e. The van der Waals surface area contributed by atoms with Gasteiger partial charge in [-0.3, -0.25) is 10.1 Å². The number of nitrogens with one attached hydrogen (secondary N) is 1. The first-order valence-electron chi connectivity index (χ1n) is 11.4. The first-order chi connectivity index (χ1) is 17.8. The van der Waals surface area contributed by atoms with Crippen LogP contribution in [0.3, 0.4) is 0 Å². The number of carbonyl (C=O) groups excluding carboxylic acids is 1. The van der Waals surface area contributed by atoms with Crippen LogP contribution in [0.4, 0.5) is 10.5 Å². The number of aliphatic carboxylic acids is 1. The quantitative estimate of drug-likeness (QED) is 0.259. The molecule has 37 heavy (non-hydrogen) atoms. The summed E-state index contributed by atoms with van der Waals surface area (Å²) < 4.78 is 16.4. The Labute approximate surface area is 218 Å². The van der Waals surface area contributed by atoms with Crippen molar-refractivity contribution >= 4 is 29.4 Å². The molecule has 3 aromatic carbocycles. The molecule has 2 N–H and O–H groups in total. The van der Waals surface area contributed by atoms with E-state index in [1.165, 1.54) is 0 Å². The molecule has 0 spiro atoms. The molecule has 0 fully saturated rings. The number of amides is 1. The minimum absolute atomic E-state index is 0.109. The molecule has 0 aliphatic rings. The fourth-order valence-electron chi connectivity index (χ4n) is 3.98. The summed E-state index contributed by atoms with van der Waals surface area (Å²) >= 11 is 6.22. The number of anilines is 1. The molecule has 4 rings (SSSR count). The maximum absolute atomic E-state index is 12.7. The van der Waals surface area contributed by atoms with Crippen LogP contribution >= 0.6 is 11.6 Å². The Morgan fingerprint density at radius 1 is 1.08 bits per heavy atom. The van der Waals surface area contributed by atoms with Gasteiger partial charge in [-0.15, -0.1) is 0 Å². The maximum Gasteiger partial charge on any atom is 0.412 e. The summed E-state index contributed by atoms with van der Waals surface area (Å²) in [6.45, 7) is 3.42. The maximum atomic E-state index is 12.7. The Morgan fingerprint density at radius 3 is 2.57 bits per heavy atom. The number of rotatable bonds is 8. The summed E-state index contributed by atoms with van der Waals surface area (Å²) in [4.78, 5) is 23.9. The first kappa shape index (κ1) is 25.8. The second-order valence-electron chi connectivity index (χ2n) is 8.34. The second-order valence-corrected chi connectivity index (χ2v) is 8.75. The molecule has 0 radical (unpaired) electrons. The third-order valence-corrected chi connectivity index (χ3v) is 6.13. The van der Waals surface area contributed by atoms with Crippen LogP contribution in [0.2, 0.25) is 5.02 Å². The lowest BCUT2D eigenvalue weighted by Crippen LogP contribution is -2.17. The van der Waals surface area contributed by atoms with E-state index < -0.39 is 18.2 Å². The van der Waals surface area contributed by atoms with Crippen molar-refractivity contribution in [3.05, 3.63) is 88.6 Å². The normalized spacial score (nSPS) is 11.6. The van der Waals surface area contributed by atoms with Crippen molar-refractivity contribution in [1.29, 1.82) is 0 Å². The zero-order valence-corrected chi connectivity index (χ0v) is 21.2. The predicted octanol–water partition coefficient (Wildman–Crippen LogP) is 6.92. The highest BCUT2D eigenvalue weighted by molar-refractivity contribution is 6.31. The fraction of sp³-hybridized carbons (Fsp3) is 0.179. The van der Waals surface area contributed by atoms with E-state index in [0.717, 1.165) is 11.1 Å². The Morgan fingerprint density at radius 2 is 1.84 bits per heavy atom. The van der Waals surface area contributed by atoms with Crippen molar-refractivity contribution < 1.29 is 28.7 Å². The van der Waals surface area contributed by atoms with Gasteiger partial charge in [-0.25, -0.2) is 4.79 Å². The summed E-state index contributed by atoms with van der Waals surface area (Å²) in [6, 6.07) is 19.8. The van der Waals surface area contributed by atoms with Crippen LogP contribution in [0.25, 0.3) is 22.4 Å². The lowest BCUT2D eigenvalue weighted by Gasteiger charge is -2.15. The van der Waals surface area contributed by atoms with Gasteiger partial charge < -0.3 is 19.1 Å². The molecule has 1 heterocycles. The topological polar surface area (TPSA) is 111 Å². The van der Waals surface area contributed by atoms with Gasteiger partial charge in [-0.1, -0.05) is 59.2 Å². The molecular formula is C28H25ClN2O6. The molecule has 1 aromatic heterocycles. The Balaban J connectivity index is 1.61. The van der Waals surface area contributed by atoms with Crippen LogP contribution in [0.1, 0.15) is 29.9 Å². The molecule has 0 saturated heterocycles. The molecule has 9 heteroatoms. The minimum atomic E-state index is -0.922. The molecular weight excluding hydrogens is 496 g/mol. The summed E-state index contributed by atoms with van der Waals surface area (Å²) in [5.41, 5.74) is 4.31. The highest BCUT2D eigenvalue weighted by Crippen LogP contribution is 2.36. The van der Waals surface area contributed by atoms with E-state index in [2.05, 4.69) is 10.5 Å². The SMILES string of the molecule is COc1ccc(CC(=O)O)cc1-c1cccc(-c2noc(C)c2NC(=O)OC(C)c2ccccc2Cl)c1. The molecule has 0 bridgehead atoms. The van der Waals surface area contributed by atoms with Gasteiger partial charge in [0, 0.05) is 21.7 Å². The van der Waals surface area contributed by atoms with Gasteiger partial charge in [0.2, 0.25) is 0 Å². The standard InChI is InChI=1S/C28H25ClN2O6/c1-16(21-9-4-5-10-23(21)29)36-28(34)30-26-17(2)37-31-27(26)20-8-6-7-19(15-20)22-13-18(14-25(32)33)11-12-24(22)35-3/h4-13,15-16H,14H2,1-3H3,(H,30,34)(H,32,33). The van der Waals surface area contributed by atoms with Crippen LogP contribution in [0.15, 0.2) is 71.3 Å². The molecule has 0 aliphatic heterocycles. The molecule has 1 amide bonds. The number of methoxy groups -OCH3 is 1. The highest BCUT2D eigenvalue weighted by atomic mass is 35.5. The van der Waals surface area contributed by atoms with Crippen LogP contribution in [0, 0.1) is 6.92 Å². The number of hydrogen-bond acceptors (Lipinski definition) is 6. The molecule has 8 nitrogen and oxygen atoms in total. The average Bonchev–Trinajstić information content (AvgIpc) is 3.23. The molecule has 0 aliphatic carbocycles. The molecule has 0 saturated carbocycles. The number of carbonyl (C=O) groups is 2. The number of halogens is 1. The van der Waals surface area contributed by atoms with Crippen molar-refractivity contribution in [2.45, 2.75) is 26.4 Å². The third kappa shape index (κ3) is 5.92. The summed E-state index contributed by atoms with van der Waals surface area (Å²) in [6.07, 6.45) is -1.37. The van der Waals surface area contributed by atoms with Crippen LogP contribution in [-0.2, 0) is 16.0 Å². The summed E-state index contributed by atoms with van der Waals surface area (Å²) in [5.74, 6) is 0.0799. The van der Waals surface area contributed by atoms with Gasteiger partial charge in [0.05, 0.1) is 13.5 Å². The van der Waals surface area contributed by atoms with Gasteiger partial charge in [0.1, 0.15) is 23.2 Å². The lowest BCUT2D eigenvalue weighted by atomic mass is 9.98. The molecule has 190 valence electrons. The van der Waals surface area contributed by atoms with Crippen LogP contribution < -0.4 is 10.1 Å². The van der Waals surface area contributed by atoms with Crippen molar-refractivity contribution in [3.8, 4) is 28.1 Å². The van der Waals surface area contributed by atoms with Gasteiger partial charge in [0.15, 0.2) is 5.76 Å². The molecule has 4 aromatic rings. The first-order valence-corrected chi connectivity index (χ1v) is 11.8. The van der Waals surface area contributed by atoms with E-state index in [1.54, 1.807) is 57.4 Å². The fourth-order valence-corrected chi connectivity index (χ4v) is 4.27. The monoisotopic (exact) mass is 520 g/mol.